The summed E-state index contributed by atoms with van der Waals surface area (Å²) in [4.78, 5) is 21.6. The number of fused-ring (bicyclic) bond motifs is 2. The van der Waals surface area contributed by atoms with Crippen LogP contribution in [0.15, 0.2) is 47.3 Å². The molecule has 2 aromatic carbocycles. The van der Waals surface area contributed by atoms with Crippen molar-refractivity contribution in [3.8, 4) is 11.5 Å². The van der Waals surface area contributed by atoms with Crippen LogP contribution in [0, 0.1) is 6.92 Å². The van der Waals surface area contributed by atoms with Crippen molar-refractivity contribution in [2.24, 2.45) is 0 Å². The zero-order valence-corrected chi connectivity index (χ0v) is 22.2. The topological polar surface area (TPSA) is 101 Å². The second kappa shape index (κ2) is 10.1. The monoisotopic (exact) mass is 527 g/mol. The fraction of sp³-hybridized carbons (Fsp3) is 0.448. The van der Waals surface area contributed by atoms with E-state index in [2.05, 4.69) is 48.5 Å². The van der Waals surface area contributed by atoms with E-state index in [9.17, 15) is 4.79 Å². The van der Waals surface area contributed by atoms with Gasteiger partial charge in [-0.25, -0.2) is 4.68 Å². The summed E-state index contributed by atoms with van der Waals surface area (Å²) in [5.74, 6) is 2.39. The van der Waals surface area contributed by atoms with Gasteiger partial charge < -0.3 is 14.5 Å². The Morgan fingerprint density at radius 2 is 1.85 bits per heavy atom. The average Bonchev–Trinajstić information content (AvgIpc) is 3.73. The number of tetrazole rings is 1. The number of ether oxygens (including phenoxy) is 2. The Kier molecular flexibility index (Phi) is 6.28. The number of aryl methyl sites for hydroxylation is 1. The largest absolute Gasteiger partial charge is 0.454 e. The molecule has 4 heterocycles. The van der Waals surface area contributed by atoms with Crippen molar-refractivity contribution >= 4 is 10.9 Å². The molecule has 1 unspecified atom stereocenters. The third kappa shape index (κ3) is 4.57. The highest BCUT2D eigenvalue weighted by Gasteiger charge is 2.35. The van der Waals surface area contributed by atoms with Crippen molar-refractivity contribution in [3.63, 3.8) is 0 Å². The number of piperazine rings is 1. The zero-order valence-electron chi connectivity index (χ0n) is 22.2. The van der Waals surface area contributed by atoms with Gasteiger partial charge in [0, 0.05) is 38.3 Å². The molecule has 1 saturated carbocycles. The van der Waals surface area contributed by atoms with E-state index in [0.717, 1.165) is 79.4 Å². The summed E-state index contributed by atoms with van der Waals surface area (Å²) in [5, 5.41) is 14.1. The Hall–Kier alpha value is -3.76. The number of aromatic nitrogens is 5. The Labute approximate surface area is 226 Å². The molecule has 0 radical (unpaired) electrons. The number of hydrogen-bond acceptors (Lipinski definition) is 8. The van der Waals surface area contributed by atoms with Crippen LogP contribution in [-0.2, 0) is 6.54 Å². The van der Waals surface area contributed by atoms with Gasteiger partial charge in [0.2, 0.25) is 6.79 Å². The molecule has 10 nitrogen and oxygen atoms in total. The molecule has 1 saturated heterocycles. The van der Waals surface area contributed by atoms with Gasteiger partial charge in [-0.3, -0.25) is 14.6 Å². The predicted molar refractivity (Wildman–Crippen MR) is 146 cm³/mol. The molecular weight excluding hydrogens is 494 g/mol. The lowest BCUT2D eigenvalue weighted by atomic mass is 10.0. The third-order valence-electron chi connectivity index (χ3n) is 8.46. The number of rotatable bonds is 6. The maximum Gasteiger partial charge on any atom is 0.253 e. The molecule has 0 spiro atoms. The molecule has 2 aromatic heterocycles. The van der Waals surface area contributed by atoms with Gasteiger partial charge in [-0.1, -0.05) is 37.1 Å². The fourth-order valence-electron chi connectivity index (χ4n) is 6.37. The lowest BCUT2D eigenvalue weighted by Gasteiger charge is -2.39. The van der Waals surface area contributed by atoms with E-state index in [0.29, 0.717) is 5.56 Å². The van der Waals surface area contributed by atoms with Crippen molar-refractivity contribution in [2.45, 2.75) is 51.2 Å². The first-order valence-corrected chi connectivity index (χ1v) is 13.9. The van der Waals surface area contributed by atoms with Gasteiger partial charge in [-0.05, 0) is 64.9 Å². The second-order valence-electron chi connectivity index (χ2n) is 10.9. The lowest BCUT2D eigenvalue weighted by Crippen LogP contribution is -2.48. The van der Waals surface area contributed by atoms with Crippen molar-refractivity contribution in [2.75, 3.05) is 33.0 Å². The van der Waals surface area contributed by atoms with E-state index < -0.39 is 0 Å². The quantitative estimate of drug-likeness (QED) is 0.406. The minimum Gasteiger partial charge on any atom is -0.454 e. The van der Waals surface area contributed by atoms with Gasteiger partial charge in [-0.15, -0.1) is 5.10 Å². The molecule has 0 bridgehead atoms. The van der Waals surface area contributed by atoms with Crippen molar-refractivity contribution in [1.82, 2.24) is 35.0 Å². The molecule has 2 fully saturated rings. The minimum absolute atomic E-state index is 0.0782. The van der Waals surface area contributed by atoms with Gasteiger partial charge in [0.1, 0.15) is 6.04 Å². The highest BCUT2D eigenvalue weighted by Crippen LogP contribution is 2.35. The fourth-order valence-corrected chi connectivity index (χ4v) is 6.37. The molecule has 39 heavy (non-hydrogen) atoms. The minimum atomic E-state index is -0.318. The molecule has 202 valence electrons. The van der Waals surface area contributed by atoms with E-state index in [-0.39, 0.29) is 24.4 Å². The molecule has 3 aliphatic rings. The molecule has 0 amide bonds. The van der Waals surface area contributed by atoms with E-state index >= 15 is 0 Å². The Balaban J connectivity index is 1.19. The normalized spacial score (nSPS) is 19.2. The highest BCUT2D eigenvalue weighted by molar-refractivity contribution is 5.82. The summed E-state index contributed by atoms with van der Waals surface area (Å²) in [7, 11) is 0. The van der Waals surface area contributed by atoms with Gasteiger partial charge in [0.05, 0.1) is 11.6 Å². The number of nitrogens with one attached hydrogen (secondary N) is 1. The molecule has 1 atom stereocenters. The third-order valence-corrected chi connectivity index (χ3v) is 8.46. The summed E-state index contributed by atoms with van der Waals surface area (Å²) in [6.45, 7) is 6.50. The average molecular weight is 528 g/mol. The van der Waals surface area contributed by atoms with E-state index in [1.165, 1.54) is 18.4 Å². The first kappa shape index (κ1) is 24.3. The summed E-state index contributed by atoms with van der Waals surface area (Å²) < 4.78 is 13.0. The molecular formula is C29H33N7O3. The first-order valence-electron chi connectivity index (χ1n) is 13.9. The van der Waals surface area contributed by atoms with Gasteiger partial charge in [0.25, 0.3) is 5.56 Å². The highest BCUT2D eigenvalue weighted by atomic mass is 16.7. The van der Waals surface area contributed by atoms with E-state index in [4.69, 9.17) is 9.47 Å². The first-order chi connectivity index (χ1) is 19.1. The smallest absolute Gasteiger partial charge is 0.253 e. The Bertz CT molecular complexity index is 1550. The maximum absolute atomic E-state index is 13.6. The van der Waals surface area contributed by atoms with Crippen LogP contribution in [-0.4, -0.2) is 68.0 Å². The number of aromatic amines is 1. The number of pyridine rings is 1. The van der Waals surface area contributed by atoms with Crippen molar-refractivity contribution < 1.29 is 9.47 Å². The summed E-state index contributed by atoms with van der Waals surface area (Å²) >= 11 is 0. The van der Waals surface area contributed by atoms with E-state index in [1.54, 1.807) is 0 Å². The molecule has 4 aromatic rings. The van der Waals surface area contributed by atoms with Crippen LogP contribution in [0.4, 0.5) is 0 Å². The number of para-hydroxylation sites is 1. The van der Waals surface area contributed by atoms with Crippen LogP contribution in [0.1, 0.15) is 60.3 Å². The molecule has 1 N–H and O–H groups in total. The van der Waals surface area contributed by atoms with Crippen LogP contribution in [0.5, 0.6) is 11.5 Å². The SMILES string of the molecule is Cc1cccc2cc(C(c3nnnn3C3CCCC3)N3CCN(Cc4ccc5c(c4)OCO5)CC3)c(=O)[nH]c12. The molecule has 1 aliphatic carbocycles. The second-order valence-corrected chi connectivity index (χ2v) is 10.9. The molecule has 10 heteroatoms. The van der Waals surface area contributed by atoms with Crippen molar-refractivity contribution in [3.05, 3.63) is 75.3 Å². The predicted octanol–water partition coefficient (Wildman–Crippen LogP) is 3.57. The van der Waals surface area contributed by atoms with Crippen LogP contribution in [0.25, 0.3) is 10.9 Å². The Morgan fingerprint density at radius 3 is 2.69 bits per heavy atom. The number of hydrogen-bond donors (Lipinski definition) is 1. The summed E-state index contributed by atoms with van der Waals surface area (Å²) in [6, 6.07) is 14.3. The lowest BCUT2D eigenvalue weighted by molar-refractivity contribution is 0.0988. The number of benzene rings is 2. The van der Waals surface area contributed by atoms with Crippen LogP contribution in [0.2, 0.25) is 0 Å². The summed E-state index contributed by atoms with van der Waals surface area (Å²) in [5.41, 5.74) is 3.77. The maximum atomic E-state index is 13.6. The Morgan fingerprint density at radius 1 is 1.03 bits per heavy atom. The van der Waals surface area contributed by atoms with Crippen LogP contribution in [0.3, 0.4) is 0 Å². The van der Waals surface area contributed by atoms with Crippen LogP contribution < -0.4 is 15.0 Å². The van der Waals surface area contributed by atoms with Gasteiger partial charge in [0.15, 0.2) is 17.3 Å². The van der Waals surface area contributed by atoms with Gasteiger partial charge in [-0.2, -0.15) is 0 Å². The number of H-pyrrole nitrogens is 1. The number of nitrogens with zero attached hydrogens (tertiary/aromatic N) is 6. The zero-order chi connectivity index (χ0) is 26.3. The molecule has 7 rings (SSSR count). The molecule has 2 aliphatic heterocycles. The van der Waals surface area contributed by atoms with E-state index in [1.807, 2.05) is 35.9 Å². The standard InChI is InChI=1S/C29H33N7O3/c1-19-5-4-6-21-16-23(29(37)30-26(19)21)27(28-31-32-33-36(28)22-7-2-3-8-22)35-13-11-34(12-14-35)17-20-9-10-24-25(15-20)39-18-38-24/h4-6,9-10,15-16,22,27H,2-3,7-8,11-14,17-18H2,1H3,(H,30,37). The summed E-state index contributed by atoms with van der Waals surface area (Å²) in [6.07, 6.45) is 4.51. The van der Waals surface area contributed by atoms with Gasteiger partial charge >= 0.3 is 0 Å². The van der Waals surface area contributed by atoms with Crippen LogP contribution >= 0.6 is 0 Å². The van der Waals surface area contributed by atoms with Crippen molar-refractivity contribution in [1.29, 1.82) is 0 Å².